The summed E-state index contributed by atoms with van der Waals surface area (Å²) in [7, 11) is -3.97. The molecule has 0 saturated heterocycles. The fourth-order valence-electron chi connectivity index (χ4n) is 2.30. The second kappa shape index (κ2) is 8.07. The molecule has 0 heterocycles. The van der Waals surface area contributed by atoms with Crippen molar-refractivity contribution in [2.24, 2.45) is 5.92 Å². The van der Waals surface area contributed by atoms with E-state index in [1.807, 2.05) is 19.1 Å². The van der Waals surface area contributed by atoms with Crippen molar-refractivity contribution in [2.45, 2.75) is 18.2 Å². The Morgan fingerprint density at radius 2 is 1.73 bits per heavy atom. The number of nitrogens with zero attached hydrogens (tertiary/aromatic N) is 1. The Hall–Kier alpha value is -2.78. The smallest absolute Gasteiger partial charge is 0.308 e. The van der Waals surface area contributed by atoms with Crippen LogP contribution in [0.2, 0.25) is 0 Å². The van der Waals surface area contributed by atoms with Gasteiger partial charge in [0.05, 0.1) is 15.7 Å². The van der Waals surface area contributed by atoms with Crippen molar-refractivity contribution in [3.05, 3.63) is 69.8 Å². The molecule has 2 N–H and O–H groups in total. The predicted octanol–water partition coefficient (Wildman–Crippen LogP) is 2.13. The van der Waals surface area contributed by atoms with Gasteiger partial charge < -0.3 is 5.11 Å². The zero-order valence-corrected chi connectivity index (χ0v) is 14.8. The molecule has 9 heteroatoms. The number of aliphatic carboxylic acids is 1. The molecular weight excluding hydrogens is 360 g/mol. The molecule has 0 aliphatic carbocycles. The molecule has 0 radical (unpaired) electrons. The van der Waals surface area contributed by atoms with Gasteiger partial charge >= 0.3 is 5.97 Å². The number of carboxylic acid groups (broad SMARTS) is 1. The number of rotatable bonds is 8. The van der Waals surface area contributed by atoms with Gasteiger partial charge in [0, 0.05) is 18.7 Å². The molecule has 138 valence electrons. The molecule has 1 unspecified atom stereocenters. The molecular formula is C17H18N2O6S. The van der Waals surface area contributed by atoms with Gasteiger partial charge in [-0.3, -0.25) is 14.9 Å². The summed E-state index contributed by atoms with van der Waals surface area (Å²) >= 11 is 0. The fourth-order valence-corrected chi connectivity index (χ4v) is 3.38. The van der Waals surface area contributed by atoms with Crippen molar-refractivity contribution < 1.29 is 23.2 Å². The molecule has 0 saturated carbocycles. The number of aryl methyl sites for hydroxylation is 1. The van der Waals surface area contributed by atoms with Gasteiger partial charge in [0.15, 0.2) is 0 Å². The number of benzene rings is 2. The SMILES string of the molecule is Cc1ccc(CC(CNS(=O)(=O)c2ccc([N+](=O)[O-])cc2)C(=O)O)cc1. The van der Waals surface area contributed by atoms with E-state index in [2.05, 4.69) is 4.72 Å². The van der Waals surface area contributed by atoms with E-state index in [-0.39, 0.29) is 23.5 Å². The first-order chi connectivity index (χ1) is 12.2. The standard InChI is InChI=1S/C17H18N2O6S/c1-12-2-4-13(5-3-12)10-14(17(20)21)11-18-26(24,25)16-8-6-15(7-9-16)19(22)23/h2-9,14,18H,10-11H2,1H3,(H,20,21). The van der Waals surface area contributed by atoms with Crippen molar-refractivity contribution in [3.63, 3.8) is 0 Å². The number of non-ortho nitro benzene ring substituents is 1. The topological polar surface area (TPSA) is 127 Å². The molecule has 2 aromatic carbocycles. The second-order valence-corrected chi connectivity index (χ2v) is 7.59. The summed E-state index contributed by atoms with van der Waals surface area (Å²) in [6.07, 6.45) is 0.179. The summed E-state index contributed by atoms with van der Waals surface area (Å²) in [4.78, 5) is 21.3. The summed E-state index contributed by atoms with van der Waals surface area (Å²) in [6, 6.07) is 11.7. The maximum absolute atomic E-state index is 12.3. The van der Waals surface area contributed by atoms with Crippen molar-refractivity contribution in [1.29, 1.82) is 0 Å². The molecule has 2 rings (SSSR count). The third-order valence-electron chi connectivity index (χ3n) is 3.83. The van der Waals surface area contributed by atoms with E-state index in [1.165, 1.54) is 0 Å². The number of carbonyl (C=O) groups is 1. The molecule has 0 aliphatic heterocycles. The van der Waals surface area contributed by atoms with Crippen molar-refractivity contribution in [2.75, 3.05) is 6.54 Å². The molecule has 2 aromatic rings. The normalized spacial score (nSPS) is 12.5. The molecule has 0 aliphatic rings. The number of nitro groups is 1. The highest BCUT2D eigenvalue weighted by molar-refractivity contribution is 7.89. The van der Waals surface area contributed by atoms with Crippen LogP contribution >= 0.6 is 0 Å². The van der Waals surface area contributed by atoms with Crippen LogP contribution < -0.4 is 4.72 Å². The summed E-state index contributed by atoms with van der Waals surface area (Å²) < 4.78 is 26.8. The Balaban J connectivity index is 2.08. The van der Waals surface area contributed by atoms with Gasteiger partial charge in [-0.1, -0.05) is 29.8 Å². The van der Waals surface area contributed by atoms with Gasteiger partial charge in [-0.25, -0.2) is 13.1 Å². The van der Waals surface area contributed by atoms with Crippen LogP contribution in [0.5, 0.6) is 0 Å². The average molecular weight is 378 g/mol. The van der Waals surface area contributed by atoms with Crippen LogP contribution in [0.4, 0.5) is 5.69 Å². The van der Waals surface area contributed by atoms with E-state index in [0.29, 0.717) is 0 Å². The van der Waals surface area contributed by atoms with Crippen molar-refractivity contribution in [1.82, 2.24) is 4.72 Å². The number of nitro benzene ring substituents is 1. The maximum Gasteiger partial charge on any atom is 0.308 e. The Bertz CT molecular complexity index is 892. The summed E-state index contributed by atoms with van der Waals surface area (Å²) in [5, 5.41) is 20.0. The van der Waals surface area contributed by atoms with Gasteiger partial charge in [0.25, 0.3) is 5.69 Å². The zero-order chi connectivity index (χ0) is 19.3. The minimum atomic E-state index is -3.97. The molecule has 0 spiro atoms. The van der Waals surface area contributed by atoms with Crippen LogP contribution in [0.25, 0.3) is 0 Å². The van der Waals surface area contributed by atoms with E-state index < -0.39 is 26.8 Å². The highest BCUT2D eigenvalue weighted by Gasteiger charge is 2.22. The molecule has 0 bridgehead atoms. The van der Waals surface area contributed by atoms with Crippen molar-refractivity contribution in [3.8, 4) is 0 Å². The lowest BCUT2D eigenvalue weighted by atomic mass is 9.99. The highest BCUT2D eigenvalue weighted by Crippen LogP contribution is 2.16. The van der Waals surface area contributed by atoms with Gasteiger partial charge in [-0.2, -0.15) is 0 Å². The fraction of sp³-hybridized carbons (Fsp3) is 0.235. The number of hydrogen-bond donors (Lipinski definition) is 2. The molecule has 0 fully saturated rings. The van der Waals surface area contributed by atoms with Gasteiger partial charge in [-0.05, 0) is 31.0 Å². The third kappa shape index (κ3) is 5.11. The molecule has 1 atom stereocenters. The summed E-state index contributed by atoms with van der Waals surface area (Å²) in [5.41, 5.74) is 1.60. The maximum atomic E-state index is 12.3. The lowest BCUT2D eigenvalue weighted by Gasteiger charge is -2.14. The minimum absolute atomic E-state index is 0.164. The van der Waals surface area contributed by atoms with Crippen LogP contribution in [0.3, 0.4) is 0 Å². The van der Waals surface area contributed by atoms with Gasteiger partial charge in [0.1, 0.15) is 0 Å². The lowest BCUT2D eigenvalue weighted by molar-refractivity contribution is -0.384. The molecule has 0 aromatic heterocycles. The van der Waals surface area contributed by atoms with Crippen LogP contribution in [0.15, 0.2) is 53.4 Å². The van der Waals surface area contributed by atoms with E-state index >= 15 is 0 Å². The molecule has 0 amide bonds. The van der Waals surface area contributed by atoms with E-state index in [4.69, 9.17) is 0 Å². The molecule has 8 nitrogen and oxygen atoms in total. The Morgan fingerprint density at radius 3 is 2.23 bits per heavy atom. The first-order valence-electron chi connectivity index (χ1n) is 7.71. The largest absolute Gasteiger partial charge is 0.481 e. The summed E-state index contributed by atoms with van der Waals surface area (Å²) in [5.74, 6) is -2.05. The van der Waals surface area contributed by atoms with Gasteiger partial charge in [-0.15, -0.1) is 0 Å². The van der Waals surface area contributed by atoms with Gasteiger partial charge in [0.2, 0.25) is 10.0 Å². The predicted molar refractivity (Wildman–Crippen MR) is 94.3 cm³/mol. The Morgan fingerprint density at radius 1 is 1.15 bits per heavy atom. The first-order valence-corrected chi connectivity index (χ1v) is 9.20. The van der Waals surface area contributed by atoms with E-state index in [0.717, 1.165) is 35.4 Å². The number of carboxylic acids is 1. The highest BCUT2D eigenvalue weighted by atomic mass is 32.2. The monoisotopic (exact) mass is 378 g/mol. The number of nitrogens with one attached hydrogen (secondary N) is 1. The van der Waals surface area contributed by atoms with Crippen LogP contribution in [0, 0.1) is 23.0 Å². The van der Waals surface area contributed by atoms with Crippen LogP contribution in [0.1, 0.15) is 11.1 Å². The van der Waals surface area contributed by atoms with Crippen LogP contribution in [-0.2, 0) is 21.2 Å². The third-order valence-corrected chi connectivity index (χ3v) is 5.27. The quantitative estimate of drug-likeness (QED) is 0.535. The Kier molecular flexibility index (Phi) is 6.06. The van der Waals surface area contributed by atoms with E-state index in [9.17, 15) is 28.4 Å². The van der Waals surface area contributed by atoms with Crippen LogP contribution in [-0.4, -0.2) is 31.0 Å². The zero-order valence-electron chi connectivity index (χ0n) is 14.0. The van der Waals surface area contributed by atoms with E-state index in [1.54, 1.807) is 12.1 Å². The number of sulfonamides is 1. The average Bonchev–Trinajstić information content (AvgIpc) is 2.60. The second-order valence-electron chi connectivity index (χ2n) is 5.83. The molecule has 26 heavy (non-hydrogen) atoms. The summed E-state index contributed by atoms with van der Waals surface area (Å²) in [6.45, 7) is 1.62. The lowest BCUT2D eigenvalue weighted by Crippen LogP contribution is -2.34. The first kappa shape index (κ1) is 19.5. The Labute approximate surface area is 150 Å². The number of hydrogen-bond acceptors (Lipinski definition) is 5. The minimum Gasteiger partial charge on any atom is -0.481 e. The van der Waals surface area contributed by atoms with Crippen molar-refractivity contribution >= 4 is 21.7 Å².